The minimum atomic E-state index is 0.539. The quantitative estimate of drug-likeness (QED) is 0.641. The molecule has 1 aromatic heterocycles. The zero-order chi connectivity index (χ0) is 9.10. The zero-order valence-corrected chi connectivity index (χ0v) is 8.00. The maximum Gasteiger partial charge on any atom is 0.129 e. The lowest BCUT2D eigenvalue weighted by Crippen LogP contribution is -2.36. The van der Waals surface area contributed by atoms with E-state index in [2.05, 4.69) is 9.88 Å². The number of nitrogens with zero attached hydrogens (tertiary/aromatic N) is 2. The van der Waals surface area contributed by atoms with Gasteiger partial charge in [0.25, 0.3) is 0 Å². The molecule has 0 N–H and O–H groups in total. The number of hydrogen-bond donors (Lipinski definition) is 0. The lowest BCUT2D eigenvalue weighted by atomic mass is 10.3. The van der Waals surface area contributed by atoms with E-state index >= 15 is 0 Å². The van der Waals surface area contributed by atoms with Gasteiger partial charge >= 0.3 is 0 Å². The summed E-state index contributed by atoms with van der Waals surface area (Å²) in [6, 6.07) is 3.80. The number of anilines is 1. The molecule has 0 aliphatic carbocycles. The SMILES string of the molecule is Clc1ccc(N2CCOCC2)cn1. The molecule has 2 rings (SSSR count). The van der Waals surface area contributed by atoms with Gasteiger partial charge in [0.1, 0.15) is 5.15 Å². The summed E-state index contributed by atoms with van der Waals surface area (Å²) in [5.74, 6) is 0. The fourth-order valence-corrected chi connectivity index (χ4v) is 1.49. The second-order valence-electron chi connectivity index (χ2n) is 2.94. The van der Waals surface area contributed by atoms with Crippen LogP contribution in [0.25, 0.3) is 0 Å². The molecule has 70 valence electrons. The van der Waals surface area contributed by atoms with Crippen LogP contribution >= 0.6 is 11.6 Å². The number of hydrogen-bond acceptors (Lipinski definition) is 3. The summed E-state index contributed by atoms with van der Waals surface area (Å²) in [5, 5.41) is 0.539. The van der Waals surface area contributed by atoms with Gasteiger partial charge in [0, 0.05) is 13.1 Å². The summed E-state index contributed by atoms with van der Waals surface area (Å²) >= 11 is 5.70. The predicted molar refractivity (Wildman–Crippen MR) is 52.3 cm³/mol. The highest BCUT2D eigenvalue weighted by molar-refractivity contribution is 6.29. The Morgan fingerprint density at radius 1 is 1.31 bits per heavy atom. The summed E-state index contributed by atoms with van der Waals surface area (Å²) in [6.07, 6.45) is 1.80. The molecule has 3 nitrogen and oxygen atoms in total. The van der Waals surface area contributed by atoms with Crippen LogP contribution in [0.1, 0.15) is 0 Å². The van der Waals surface area contributed by atoms with Crippen molar-refractivity contribution in [2.45, 2.75) is 0 Å². The first-order valence-corrected chi connectivity index (χ1v) is 4.68. The average Bonchev–Trinajstić information content (AvgIpc) is 2.20. The van der Waals surface area contributed by atoms with Gasteiger partial charge in [0.05, 0.1) is 25.1 Å². The van der Waals surface area contributed by atoms with Gasteiger partial charge in [-0.25, -0.2) is 4.98 Å². The normalized spacial score (nSPS) is 17.5. The second-order valence-corrected chi connectivity index (χ2v) is 3.33. The fourth-order valence-electron chi connectivity index (χ4n) is 1.38. The number of rotatable bonds is 1. The lowest BCUT2D eigenvalue weighted by Gasteiger charge is -2.28. The Morgan fingerprint density at radius 3 is 2.69 bits per heavy atom. The van der Waals surface area contributed by atoms with Gasteiger partial charge in [-0.2, -0.15) is 0 Å². The standard InChI is InChI=1S/C9H11ClN2O/c10-9-2-1-8(7-11-9)12-3-5-13-6-4-12/h1-2,7H,3-6H2. The maximum absolute atomic E-state index is 5.70. The first-order chi connectivity index (χ1) is 6.36. The number of pyridine rings is 1. The maximum atomic E-state index is 5.70. The zero-order valence-electron chi connectivity index (χ0n) is 7.24. The second kappa shape index (κ2) is 3.94. The van der Waals surface area contributed by atoms with Gasteiger partial charge in [-0.05, 0) is 12.1 Å². The van der Waals surface area contributed by atoms with E-state index in [0.29, 0.717) is 5.15 Å². The minimum absolute atomic E-state index is 0.539. The third-order valence-corrected chi connectivity index (χ3v) is 2.31. The van der Waals surface area contributed by atoms with Crippen molar-refractivity contribution in [1.29, 1.82) is 0 Å². The topological polar surface area (TPSA) is 25.4 Å². The highest BCUT2D eigenvalue weighted by Crippen LogP contribution is 2.15. The number of aromatic nitrogens is 1. The largest absolute Gasteiger partial charge is 0.378 e. The highest BCUT2D eigenvalue weighted by Gasteiger charge is 2.10. The molecule has 1 fully saturated rings. The minimum Gasteiger partial charge on any atom is -0.378 e. The predicted octanol–water partition coefficient (Wildman–Crippen LogP) is 1.57. The van der Waals surface area contributed by atoms with E-state index in [1.165, 1.54) is 0 Å². The molecule has 0 spiro atoms. The van der Waals surface area contributed by atoms with Crippen LogP contribution in [-0.4, -0.2) is 31.3 Å². The lowest BCUT2D eigenvalue weighted by molar-refractivity contribution is 0.122. The third kappa shape index (κ3) is 2.11. The number of halogens is 1. The van der Waals surface area contributed by atoms with Crippen LogP contribution in [0.15, 0.2) is 18.3 Å². The van der Waals surface area contributed by atoms with E-state index in [0.717, 1.165) is 32.0 Å². The van der Waals surface area contributed by atoms with Crippen LogP contribution in [0.5, 0.6) is 0 Å². The molecule has 1 aliphatic rings. The summed E-state index contributed by atoms with van der Waals surface area (Å²) in [6.45, 7) is 3.46. The van der Waals surface area contributed by atoms with E-state index in [-0.39, 0.29) is 0 Å². The van der Waals surface area contributed by atoms with Gasteiger partial charge in [0.2, 0.25) is 0 Å². The van der Waals surface area contributed by atoms with Gasteiger partial charge in [0.15, 0.2) is 0 Å². The van der Waals surface area contributed by atoms with Crippen LogP contribution in [0.4, 0.5) is 5.69 Å². The molecule has 2 heterocycles. The van der Waals surface area contributed by atoms with E-state index < -0.39 is 0 Å². The molecule has 0 atom stereocenters. The Morgan fingerprint density at radius 2 is 2.08 bits per heavy atom. The van der Waals surface area contributed by atoms with Gasteiger partial charge in [-0.15, -0.1) is 0 Å². The molecule has 0 radical (unpaired) electrons. The van der Waals surface area contributed by atoms with Crippen molar-refractivity contribution in [2.75, 3.05) is 31.2 Å². The Balaban J connectivity index is 2.10. The average molecular weight is 199 g/mol. The number of ether oxygens (including phenoxy) is 1. The van der Waals surface area contributed by atoms with Crippen LogP contribution in [0.2, 0.25) is 5.15 Å². The Labute approximate surface area is 82.3 Å². The Hall–Kier alpha value is -0.800. The molecular formula is C9H11ClN2O. The van der Waals surface area contributed by atoms with E-state index in [9.17, 15) is 0 Å². The first-order valence-electron chi connectivity index (χ1n) is 4.30. The fraction of sp³-hybridized carbons (Fsp3) is 0.444. The van der Waals surface area contributed by atoms with Crippen molar-refractivity contribution in [2.24, 2.45) is 0 Å². The van der Waals surface area contributed by atoms with Crippen LogP contribution in [0, 0.1) is 0 Å². The summed E-state index contributed by atoms with van der Waals surface area (Å²) in [7, 11) is 0. The molecule has 0 bridgehead atoms. The summed E-state index contributed by atoms with van der Waals surface area (Å²) in [4.78, 5) is 6.28. The third-order valence-electron chi connectivity index (χ3n) is 2.09. The summed E-state index contributed by atoms with van der Waals surface area (Å²) < 4.78 is 5.26. The Bertz CT molecular complexity index is 269. The van der Waals surface area contributed by atoms with Crippen molar-refractivity contribution in [3.63, 3.8) is 0 Å². The molecule has 0 unspecified atom stereocenters. The first kappa shape index (κ1) is 8.78. The molecule has 1 aromatic rings. The van der Waals surface area contributed by atoms with Crippen LogP contribution in [0.3, 0.4) is 0 Å². The Kier molecular flexibility index (Phi) is 2.66. The molecular weight excluding hydrogens is 188 g/mol. The van der Waals surface area contributed by atoms with Crippen molar-refractivity contribution in [3.05, 3.63) is 23.5 Å². The molecule has 0 amide bonds. The van der Waals surface area contributed by atoms with Crippen molar-refractivity contribution >= 4 is 17.3 Å². The van der Waals surface area contributed by atoms with Gasteiger partial charge < -0.3 is 9.64 Å². The van der Waals surface area contributed by atoms with E-state index in [1.807, 2.05) is 12.1 Å². The van der Waals surface area contributed by atoms with Gasteiger partial charge in [-0.1, -0.05) is 11.6 Å². The molecule has 4 heteroatoms. The molecule has 1 aliphatic heterocycles. The smallest absolute Gasteiger partial charge is 0.129 e. The van der Waals surface area contributed by atoms with Crippen molar-refractivity contribution in [1.82, 2.24) is 4.98 Å². The number of morpholine rings is 1. The molecule has 1 saturated heterocycles. The van der Waals surface area contributed by atoms with Crippen LogP contribution < -0.4 is 4.90 Å². The summed E-state index contributed by atoms with van der Waals surface area (Å²) in [5.41, 5.74) is 1.12. The van der Waals surface area contributed by atoms with E-state index in [4.69, 9.17) is 16.3 Å². The van der Waals surface area contributed by atoms with E-state index in [1.54, 1.807) is 6.20 Å². The molecule has 0 saturated carbocycles. The monoisotopic (exact) mass is 198 g/mol. The molecule has 13 heavy (non-hydrogen) atoms. The van der Waals surface area contributed by atoms with Gasteiger partial charge in [-0.3, -0.25) is 0 Å². The van der Waals surface area contributed by atoms with Crippen molar-refractivity contribution < 1.29 is 4.74 Å². The molecule has 0 aromatic carbocycles. The highest BCUT2D eigenvalue weighted by atomic mass is 35.5. The van der Waals surface area contributed by atoms with Crippen molar-refractivity contribution in [3.8, 4) is 0 Å². The van der Waals surface area contributed by atoms with Crippen LogP contribution in [-0.2, 0) is 4.74 Å².